The molecule has 2 aromatic heterocycles. The van der Waals surface area contributed by atoms with Crippen molar-refractivity contribution >= 4 is 31.5 Å². The van der Waals surface area contributed by atoms with E-state index in [2.05, 4.69) is 4.98 Å². The zero-order valence-electron chi connectivity index (χ0n) is 28.4. The summed E-state index contributed by atoms with van der Waals surface area (Å²) in [7, 11) is 0. The van der Waals surface area contributed by atoms with E-state index < -0.39 is 50.8 Å². The molecule has 5 rings (SSSR count). The highest BCUT2D eigenvalue weighted by atomic mass is 32.1. The van der Waals surface area contributed by atoms with E-state index in [0.717, 1.165) is 17.5 Å². The molecule has 0 aliphatic rings. The summed E-state index contributed by atoms with van der Waals surface area (Å²) in [5.41, 5.74) is -0.530. The van der Waals surface area contributed by atoms with E-state index in [-0.39, 0.29) is 33.5 Å². The van der Waals surface area contributed by atoms with Crippen LogP contribution in [0, 0.1) is 20.6 Å². The lowest BCUT2D eigenvalue weighted by Crippen LogP contribution is -1.88. The summed E-state index contributed by atoms with van der Waals surface area (Å²) in [5.74, 6) is 0. The van der Waals surface area contributed by atoms with Crippen molar-refractivity contribution in [3.8, 4) is 22.4 Å². The zero-order valence-corrected chi connectivity index (χ0v) is 15.2. The first-order valence-electron chi connectivity index (χ1n) is 15.4. The van der Waals surface area contributed by atoms with Gasteiger partial charge in [-0.15, -0.1) is 11.3 Å². The normalized spacial score (nSPS) is 20.0. The molecule has 2 heteroatoms. The number of hydrogen-bond donors (Lipinski definition) is 0. The van der Waals surface area contributed by atoms with Crippen molar-refractivity contribution in [2.45, 2.75) is 20.6 Å². The van der Waals surface area contributed by atoms with Crippen LogP contribution in [0.15, 0.2) is 72.8 Å². The number of hydrogen-bond acceptors (Lipinski definition) is 2. The maximum atomic E-state index is 8.42. The summed E-state index contributed by atoms with van der Waals surface area (Å²) >= 11 is 1.09. The highest BCUT2D eigenvalue weighted by molar-refractivity contribution is 7.26. The highest BCUT2D eigenvalue weighted by Gasteiger charge is 2.15. The second-order valence-corrected chi connectivity index (χ2v) is 7.28. The smallest absolute Gasteiger partial charge is 0.0719 e. The van der Waals surface area contributed by atoms with Gasteiger partial charge in [0, 0.05) is 44.3 Å². The monoisotopic (exact) mass is 393 g/mol. The molecule has 0 unspecified atom stereocenters. The minimum absolute atomic E-state index is 0.0163. The molecule has 2 heterocycles. The molecule has 136 valence electrons. The number of thiophene rings is 1. The minimum atomic E-state index is -2.74. The first kappa shape index (κ1) is 7.81. The van der Waals surface area contributed by atoms with Crippen molar-refractivity contribution in [2.24, 2.45) is 0 Å². The quantitative estimate of drug-likeness (QED) is 0.299. The molecule has 0 fully saturated rings. The number of nitrogens with zero attached hydrogens (tertiary/aromatic N) is 1. The van der Waals surface area contributed by atoms with Gasteiger partial charge in [-0.2, -0.15) is 0 Å². The predicted molar refractivity (Wildman–Crippen MR) is 122 cm³/mol. The van der Waals surface area contributed by atoms with E-state index >= 15 is 0 Å². The molecule has 0 amide bonds. The molecule has 0 spiro atoms. The van der Waals surface area contributed by atoms with Crippen LogP contribution in [0.5, 0.6) is 0 Å². The van der Waals surface area contributed by atoms with E-state index in [4.69, 9.17) is 19.2 Å². The molecule has 28 heavy (non-hydrogen) atoms. The van der Waals surface area contributed by atoms with Crippen LogP contribution in [-0.4, -0.2) is 4.98 Å². The number of pyridine rings is 1. The molecule has 0 atom stereocenters. The van der Waals surface area contributed by atoms with Crippen molar-refractivity contribution in [2.75, 3.05) is 0 Å². The van der Waals surface area contributed by atoms with E-state index in [1.165, 1.54) is 12.1 Å². The Bertz CT molecular complexity index is 1870. The Morgan fingerprint density at radius 1 is 0.857 bits per heavy atom. The van der Waals surface area contributed by atoms with Crippen LogP contribution in [0.1, 0.15) is 35.9 Å². The van der Waals surface area contributed by atoms with Gasteiger partial charge in [0.15, 0.2) is 0 Å². The van der Waals surface area contributed by atoms with Gasteiger partial charge in [-0.25, -0.2) is 0 Å². The average molecular weight is 394 g/mol. The second-order valence-electron chi connectivity index (χ2n) is 6.26. The lowest BCUT2D eigenvalue weighted by Gasteiger charge is -2.07. The summed E-state index contributed by atoms with van der Waals surface area (Å²) in [6, 6.07) is 6.59. The van der Waals surface area contributed by atoms with Gasteiger partial charge in [-0.3, -0.25) is 4.98 Å². The Balaban J connectivity index is 1.86. The molecule has 0 aliphatic heterocycles. The molecule has 0 aliphatic carbocycles. The molecule has 0 radical (unpaired) electrons. The molecule has 0 bridgehead atoms. The molecule has 1 nitrogen and oxygen atoms in total. The summed E-state index contributed by atoms with van der Waals surface area (Å²) in [6.45, 7) is -8.18. The molecular formula is C26H21NS. The van der Waals surface area contributed by atoms with Crippen LogP contribution >= 0.6 is 11.3 Å². The Hall–Kier alpha value is -2.97. The lowest BCUT2D eigenvalue weighted by molar-refractivity contribution is 1.22. The molecule has 0 N–H and O–H groups in total. The zero-order chi connectivity index (χ0) is 31.1. The van der Waals surface area contributed by atoms with Gasteiger partial charge in [-0.1, -0.05) is 60.5 Å². The first-order chi connectivity index (χ1) is 19.3. The Kier molecular flexibility index (Phi) is 1.83. The highest BCUT2D eigenvalue weighted by Crippen LogP contribution is 2.43. The van der Waals surface area contributed by atoms with Gasteiger partial charge in [-0.05, 0) is 54.4 Å². The second kappa shape index (κ2) is 6.57. The van der Waals surface area contributed by atoms with E-state index in [0.29, 0.717) is 25.7 Å². The maximum Gasteiger partial charge on any atom is 0.0719 e. The van der Waals surface area contributed by atoms with Gasteiger partial charge in [0.25, 0.3) is 0 Å². The van der Waals surface area contributed by atoms with E-state index in [9.17, 15) is 0 Å². The Morgan fingerprint density at radius 3 is 2.54 bits per heavy atom. The van der Waals surface area contributed by atoms with Crippen LogP contribution in [-0.2, 0) is 0 Å². The molecular weight excluding hydrogens is 358 g/mol. The van der Waals surface area contributed by atoms with Gasteiger partial charge >= 0.3 is 0 Å². The average Bonchev–Trinajstić information content (AvgIpc) is 3.27. The third kappa shape index (κ3) is 2.64. The number of rotatable bonds is 2. The molecule has 0 saturated heterocycles. The Morgan fingerprint density at radius 2 is 1.71 bits per heavy atom. The van der Waals surface area contributed by atoms with Gasteiger partial charge in [0.1, 0.15) is 0 Å². The fourth-order valence-electron chi connectivity index (χ4n) is 3.26. The maximum absolute atomic E-state index is 8.42. The number of benzene rings is 3. The Labute approximate surface area is 189 Å². The van der Waals surface area contributed by atoms with Crippen LogP contribution in [0.2, 0.25) is 0 Å². The van der Waals surface area contributed by atoms with Crippen molar-refractivity contribution in [1.82, 2.24) is 4.98 Å². The summed E-state index contributed by atoms with van der Waals surface area (Å²) in [4.78, 5) is 4.27. The molecule has 5 aromatic rings. The van der Waals surface area contributed by atoms with Gasteiger partial charge in [0.2, 0.25) is 0 Å². The van der Waals surface area contributed by atoms with E-state index in [1.54, 1.807) is 24.3 Å². The topological polar surface area (TPSA) is 12.9 Å². The van der Waals surface area contributed by atoms with Crippen molar-refractivity contribution in [3.63, 3.8) is 0 Å². The first-order valence-corrected chi connectivity index (χ1v) is 9.23. The summed E-state index contributed by atoms with van der Waals surface area (Å²) in [6.07, 6.45) is 1.03. The largest absolute Gasteiger partial charge is 0.256 e. The van der Waals surface area contributed by atoms with Crippen LogP contribution in [0.4, 0.5) is 0 Å². The van der Waals surface area contributed by atoms with E-state index in [1.807, 2.05) is 0 Å². The third-order valence-corrected chi connectivity index (χ3v) is 5.89. The standard InChI is InChI=1S/C26H21NS/c1-16-14-24(27-15-17(16)2)23-11-7-10-21-22-13-12-20(19-8-5-4-6-9-19)18(3)25(22)28-26(21)23/h4-15H,1-3H3/i1D3,2D3,3D3,4D,5D,6D,8D,9D. The lowest BCUT2D eigenvalue weighted by atomic mass is 9.98. The van der Waals surface area contributed by atoms with Crippen molar-refractivity contribution < 1.29 is 19.2 Å². The number of fused-ring (bicyclic) bond motifs is 3. The third-order valence-electron chi connectivity index (χ3n) is 4.62. The van der Waals surface area contributed by atoms with Crippen LogP contribution in [0.3, 0.4) is 0 Å². The SMILES string of the molecule is [2H]c1c([2H])c([2H])c(-c2ccc3c(sc4c(-c5cc(C([2H])([2H])[2H])c(C([2H])([2H])[2H])cn5)cccc43)c2C([2H])([2H])[2H])c([2H])c1[2H]. The van der Waals surface area contributed by atoms with Crippen LogP contribution < -0.4 is 0 Å². The fourth-order valence-corrected chi connectivity index (χ4v) is 4.53. The summed E-state index contributed by atoms with van der Waals surface area (Å²) < 4.78 is 114. The number of aryl methyl sites for hydroxylation is 3. The molecule has 0 saturated carbocycles. The van der Waals surface area contributed by atoms with Gasteiger partial charge < -0.3 is 0 Å². The fraction of sp³-hybridized carbons (Fsp3) is 0.115. The minimum Gasteiger partial charge on any atom is -0.256 e. The predicted octanol–water partition coefficient (Wildman–Crippen LogP) is 7.71. The van der Waals surface area contributed by atoms with Gasteiger partial charge in [0.05, 0.1) is 12.5 Å². The number of aromatic nitrogens is 1. The summed E-state index contributed by atoms with van der Waals surface area (Å²) in [5, 5.41) is 1.16. The molecule has 3 aromatic carbocycles. The van der Waals surface area contributed by atoms with Crippen LogP contribution in [0.25, 0.3) is 42.6 Å². The van der Waals surface area contributed by atoms with Crippen molar-refractivity contribution in [3.05, 3.63) is 89.5 Å². The van der Waals surface area contributed by atoms with Crippen molar-refractivity contribution in [1.29, 1.82) is 0 Å².